The van der Waals surface area contributed by atoms with Crippen LogP contribution in [0.4, 0.5) is 5.69 Å². The van der Waals surface area contributed by atoms with Gasteiger partial charge in [-0.05, 0) is 104 Å². The summed E-state index contributed by atoms with van der Waals surface area (Å²) in [5.74, 6) is 0.390. The van der Waals surface area contributed by atoms with Gasteiger partial charge in [0, 0.05) is 31.7 Å². The predicted octanol–water partition coefficient (Wildman–Crippen LogP) is 7.08. The molecule has 1 N–H and O–H groups in total. The Kier molecular flexibility index (Phi) is 10.9. The lowest BCUT2D eigenvalue weighted by molar-refractivity contribution is -0.150. The molecule has 6 rings (SSSR count). The molecule has 0 aliphatic carbocycles. The van der Waals surface area contributed by atoms with Crippen LogP contribution in [0.5, 0.6) is 5.75 Å². The first-order chi connectivity index (χ1) is 23.5. The van der Waals surface area contributed by atoms with Gasteiger partial charge in [0.1, 0.15) is 5.75 Å². The summed E-state index contributed by atoms with van der Waals surface area (Å²) < 4.78 is 14.9. The number of carbonyl (C=O) groups is 2. The molecule has 49 heavy (non-hydrogen) atoms. The van der Waals surface area contributed by atoms with E-state index in [2.05, 4.69) is 108 Å². The van der Waals surface area contributed by atoms with Gasteiger partial charge in [0.05, 0.1) is 46.5 Å². The molecular weight excluding hydrogens is 858 g/mol. The molecule has 2 aliphatic heterocycles. The molecule has 1 saturated heterocycles. The maximum atomic E-state index is 15.0. The van der Waals surface area contributed by atoms with E-state index >= 15 is 4.79 Å². The first-order valence-corrected chi connectivity index (χ1v) is 21.8. The molecule has 10 heteroatoms. The standard InChI is InChI=1S/C39H42I2N2O5Si/c1-26-37(49(3,4)32-17-15-31(47-2)16-18-32)35(23-36(45)42(20-21-44)24-27-8-6-5-7-9-27)48-39(26)33-22-30(41)14-19-34(33)43(38(39)46)25-28-10-12-29(40)13-11-28/h5-19,22,26,35,37,44H,20-21,23-25H2,1-4H3/t26-,35+,37-,39+/m0/s1. The third kappa shape index (κ3) is 6.95. The lowest BCUT2D eigenvalue weighted by Crippen LogP contribution is -2.52. The lowest BCUT2D eigenvalue weighted by Gasteiger charge is -2.37. The van der Waals surface area contributed by atoms with E-state index in [9.17, 15) is 9.90 Å². The van der Waals surface area contributed by atoms with Crippen LogP contribution in [0.3, 0.4) is 0 Å². The summed E-state index contributed by atoms with van der Waals surface area (Å²) in [5.41, 5.74) is 2.44. The summed E-state index contributed by atoms with van der Waals surface area (Å²) in [6.07, 6.45) is -0.406. The second-order valence-corrected chi connectivity index (χ2v) is 20.7. The van der Waals surface area contributed by atoms with Crippen LogP contribution in [0.15, 0.2) is 97.1 Å². The summed E-state index contributed by atoms with van der Waals surface area (Å²) in [6.45, 7) is 7.69. The first-order valence-electron chi connectivity index (χ1n) is 16.6. The molecule has 0 saturated carbocycles. The van der Waals surface area contributed by atoms with Gasteiger partial charge in [-0.25, -0.2) is 0 Å². The van der Waals surface area contributed by atoms with Crippen molar-refractivity contribution in [2.75, 3.05) is 25.2 Å². The zero-order chi connectivity index (χ0) is 34.9. The molecule has 1 fully saturated rings. The van der Waals surface area contributed by atoms with Crippen LogP contribution < -0.4 is 14.8 Å². The Bertz CT molecular complexity index is 1800. The maximum Gasteiger partial charge on any atom is 0.264 e. The van der Waals surface area contributed by atoms with E-state index in [0.29, 0.717) is 13.1 Å². The molecule has 0 radical (unpaired) electrons. The Morgan fingerprint density at radius 1 is 0.959 bits per heavy atom. The lowest BCUT2D eigenvalue weighted by atomic mass is 9.82. The zero-order valence-electron chi connectivity index (χ0n) is 28.2. The van der Waals surface area contributed by atoms with Crippen LogP contribution in [0.25, 0.3) is 0 Å². The Balaban J connectivity index is 1.42. The fourth-order valence-corrected chi connectivity index (χ4v) is 12.8. The summed E-state index contributed by atoms with van der Waals surface area (Å²) in [6, 6.07) is 32.5. The van der Waals surface area contributed by atoms with Crippen molar-refractivity contribution in [1.29, 1.82) is 0 Å². The number of rotatable bonds is 11. The molecule has 0 unspecified atom stereocenters. The fourth-order valence-electron chi connectivity index (χ4n) is 7.93. The van der Waals surface area contributed by atoms with E-state index in [4.69, 9.17) is 9.47 Å². The molecule has 4 atom stereocenters. The van der Waals surface area contributed by atoms with E-state index in [1.54, 1.807) is 12.0 Å². The van der Waals surface area contributed by atoms with E-state index in [0.717, 1.165) is 35.3 Å². The second-order valence-electron chi connectivity index (χ2n) is 13.6. The number of ether oxygens (including phenoxy) is 2. The van der Waals surface area contributed by atoms with Crippen LogP contribution in [0.1, 0.15) is 30.0 Å². The SMILES string of the molecule is COc1ccc([Si](C)(C)[C@@H]2[C@@H](CC(=O)N(CCO)Cc3ccccc3)O[C@]3(C(=O)N(Cc4ccc(I)cc4)c4ccc(I)cc43)[C@H]2C)cc1. The summed E-state index contributed by atoms with van der Waals surface area (Å²) >= 11 is 4.60. The molecule has 7 nitrogen and oxygen atoms in total. The number of halogens is 2. The Morgan fingerprint density at radius 2 is 1.63 bits per heavy atom. The van der Waals surface area contributed by atoms with E-state index < -0.39 is 19.8 Å². The molecule has 0 bridgehead atoms. The van der Waals surface area contributed by atoms with Crippen molar-refractivity contribution in [3.63, 3.8) is 0 Å². The van der Waals surface area contributed by atoms with Crippen molar-refractivity contribution in [3.05, 3.63) is 121 Å². The molecule has 256 valence electrons. The number of hydrogen-bond donors (Lipinski definition) is 1. The Labute approximate surface area is 317 Å². The molecule has 0 aromatic heterocycles. The fraction of sp³-hybridized carbons (Fsp3) is 0.333. The molecule has 2 aliphatic rings. The van der Waals surface area contributed by atoms with Crippen LogP contribution in [0, 0.1) is 13.1 Å². The number of nitrogens with zero attached hydrogens (tertiary/aromatic N) is 2. The number of amides is 2. The number of aliphatic hydroxyl groups excluding tert-OH is 1. The van der Waals surface area contributed by atoms with Gasteiger partial charge >= 0.3 is 0 Å². The van der Waals surface area contributed by atoms with Gasteiger partial charge in [-0.15, -0.1) is 0 Å². The molecule has 1 spiro atoms. The summed E-state index contributed by atoms with van der Waals surface area (Å²) in [5, 5.41) is 11.2. The number of aliphatic hydroxyl groups is 1. The van der Waals surface area contributed by atoms with Gasteiger partial charge in [0.25, 0.3) is 5.91 Å². The molecule has 2 heterocycles. The van der Waals surface area contributed by atoms with Crippen LogP contribution >= 0.6 is 45.2 Å². The normalized spacial score (nSPS) is 21.7. The average Bonchev–Trinajstić information content (AvgIpc) is 3.51. The summed E-state index contributed by atoms with van der Waals surface area (Å²) in [7, 11) is -0.774. The quantitative estimate of drug-likeness (QED) is 0.129. The smallest absolute Gasteiger partial charge is 0.264 e. The number of benzene rings is 4. The van der Waals surface area contributed by atoms with Crippen molar-refractivity contribution in [1.82, 2.24) is 4.90 Å². The van der Waals surface area contributed by atoms with Crippen LogP contribution in [-0.2, 0) is 33.0 Å². The first kappa shape index (κ1) is 36.0. The number of anilines is 1. The van der Waals surface area contributed by atoms with Gasteiger partial charge < -0.3 is 24.4 Å². The van der Waals surface area contributed by atoms with Crippen molar-refractivity contribution in [2.45, 2.75) is 56.8 Å². The summed E-state index contributed by atoms with van der Waals surface area (Å²) in [4.78, 5) is 32.9. The largest absolute Gasteiger partial charge is 0.497 e. The van der Waals surface area contributed by atoms with Crippen molar-refractivity contribution < 1.29 is 24.2 Å². The Morgan fingerprint density at radius 3 is 2.29 bits per heavy atom. The average molecular weight is 901 g/mol. The number of methoxy groups -OCH3 is 1. The monoisotopic (exact) mass is 900 g/mol. The topological polar surface area (TPSA) is 79.3 Å². The van der Waals surface area contributed by atoms with Crippen LogP contribution in [0.2, 0.25) is 18.6 Å². The van der Waals surface area contributed by atoms with Crippen molar-refractivity contribution in [2.24, 2.45) is 5.92 Å². The maximum absolute atomic E-state index is 15.0. The van der Waals surface area contributed by atoms with Crippen molar-refractivity contribution >= 4 is 75.9 Å². The zero-order valence-corrected chi connectivity index (χ0v) is 33.6. The minimum absolute atomic E-state index is 0.0773. The van der Waals surface area contributed by atoms with Crippen molar-refractivity contribution in [3.8, 4) is 5.75 Å². The Hall–Kier alpha value is -2.78. The molecule has 2 amide bonds. The molecular formula is C39H42I2N2O5Si. The highest BCUT2D eigenvalue weighted by atomic mass is 127. The highest BCUT2D eigenvalue weighted by Crippen LogP contribution is 2.60. The highest BCUT2D eigenvalue weighted by molar-refractivity contribution is 14.1. The third-order valence-corrected chi connectivity index (χ3v) is 16.1. The van der Waals surface area contributed by atoms with Gasteiger partial charge in [0.2, 0.25) is 5.91 Å². The van der Waals surface area contributed by atoms with Crippen LogP contribution in [-0.4, -0.2) is 56.3 Å². The number of hydrogen-bond acceptors (Lipinski definition) is 5. The molecule has 4 aromatic rings. The number of fused-ring (bicyclic) bond motifs is 2. The van der Waals surface area contributed by atoms with E-state index in [1.165, 1.54) is 5.19 Å². The third-order valence-electron chi connectivity index (χ3n) is 10.4. The van der Waals surface area contributed by atoms with Gasteiger partial charge in [0.15, 0.2) is 5.60 Å². The van der Waals surface area contributed by atoms with Gasteiger partial charge in [-0.2, -0.15) is 0 Å². The highest BCUT2D eigenvalue weighted by Gasteiger charge is 2.66. The van der Waals surface area contributed by atoms with Gasteiger partial charge in [-0.1, -0.05) is 79.8 Å². The number of carbonyl (C=O) groups excluding carboxylic acids is 2. The van der Waals surface area contributed by atoms with Gasteiger partial charge in [-0.3, -0.25) is 9.59 Å². The second kappa shape index (κ2) is 14.8. The van der Waals surface area contributed by atoms with E-state index in [-0.39, 0.29) is 42.8 Å². The molecule has 4 aromatic carbocycles. The van der Waals surface area contributed by atoms with E-state index in [1.807, 2.05) is 59.5 Å². The minimum Gasteiger partial charge on any atom is -0.497 e. The minimum atomic E-state index is -2.44. The predicted molar refractivity (Wildman–Crippen MR) is 213 cm³/mol.